The van der Waals surface area contributed by atoms with Gasteiger partial charge in [-0.25, -0.2) is 13.1 Å². The van der Waals surface area contributed by atoms with Gasteiger partial charge >= 0.3 is 0 Å². The fourth-order valence-corrected chi connectivity index (χ4v) is 4.72. The Morgan fingerprint density at radius 3 is 2.42 bits per heavy atom. The third-order valence-corrected chi connectivity index (χ3v) is 7.15. The second-order valence-electron chi connectivity index (χ2n) is 6.84. The zero-order chi connectivity index (χ0) is 17.4. The van der Waals surface area contributed by atoms with Crippen molar-refractivity contribution in [2.24, 2.45) is 5.41 Å². The van der Waals surface area contributed by atoms with Crippen molar-refractivity contribution in [3.63, 3.8) is 0 Å². The SMILES string of the molecule is CNS(=O)(=O)c1ccc(CN2CCC3(CC2)[C@@H](O)C[C@H]3OC)cc1. The van der Waals surface area contributed by atoms with E-state index >= 15 is 0 Å². The van der Waals surface area contributed by atoms with Gasteiger partial charge in [-0.1, -0.05) is 12.1 Å². The molecule has 0 radical (unpaired) electrons. The average molecular weight is 354 g/mol. The summed E-state index contributed by atoms with van der Waals surface area (Å²) in [5.74, 6) is 0. The Morgan fingerprint density at radius 1 is 1.29 bits per heavy atom. The molecular weight excluding hydrogens is 328 g/mol. The number of aliphatic hydroxyl groups excluding tert-OH is 1. The Labute approximate surface area is 143 Å². The molecule has 1 aliphatic heterocycles. The summed E-state index contributed by atoms with van der Waals surface area (Å²) in [6.07, 6.45) is 2.58. The first-order chi connectivity index (χ1) is 11.4. The number of ether oxygens (including phenoxy) is 1. The Bertz CT molecular complexity index is 666. The maximum Gasteiger partial charge on any atom is 0.240 e. The molecule has 0 unspecified atom stereocenters. The molecule has 24 heavy (non-hydrogen) atoms. The van der Waals surface area contributed by atoms with E-state index in [1.54, 1.807) is 19.2 Å². The minimum absolute atomic E-state index is 0.0595. The van der Waals surface area contributed by atoms with Crippen molar-refractivity contribution in [2.45, 2.75) is 42.9 Å². The molecule has 6 nitrogen and oxygen atoms in total. The maximum atomic E-state index is 11.7. The van der Waals surface area contributed by atoms with Gasteiger partial charge in [0.2, 0.25) is 10.0 Å². The first-order valence-electron chi connectivity index (χ1n) is 8.37. The van der Waals surface area contributed by atoms with E-state index < -0.39 is 10.0 Å². The highest BCUT2D eigenvalue weighted by molar-refractivity contribution is 7.89. The molecule has 2 atom stereocenters. The highest BCUT2D eigenvalue weighted by Gasteiger charge is 2.55. The summed E-state index contributed by atoms with van der Waals surface area (Å²) in [6.45, 7) is 2.64. The lowest BCUT2D eigenvalue weighted by Crippen LogP contribution is -2.61. The minimum Gasteiger partial charge on any atom is -0.392 e. The molecule has 1 heterocycles. The molecule has 0 amide bonds. The van der Waals surface area contributed by atoms with Gasteiger partial charge in [-0.15, -0.1) is 0 Å². The van der Waals surface area contributed by atoms with Crippen LogP contribution in [0.3, 0.4) is 0 Å². The number of nitrogens with zero attached hydrogens (tertiary/aromatic N) is 1. The van der Waals surface area contributed by atoms with Gasteiger partial charge in [0.25, 0.3) is 0 Å². The van der Waals surface area contributed by atoms with Crippen LogP contribution in [0.2, 0.25) is 0 Å². The molecule has 3 rings (SSSR count). The molecule has 2 fully saturated rings. The fraction of sp³-hybridized carbons (Fsp3) is 0.647. The number of methoxy groups -OCH3 is 1. The lowest BCUT2D eigenvalue weighted by atomic mass is 9.58. The normalized spacial score (nSPS) is 27.1. The Hall–Kier alpha value is -0.990. The first-order valence-corrected chi connectivity index (χ1v) is 9.85. The Morgan fingerprint density at radius 2 is 1.92 bits per heavy atom. The molecule has 2 aliphatic rings. The number of likely N-dealkylation sites (tertiary alicyclic amines) is 1. The van der Waals surface area contributed by atoms with Crippen molar-refractivity contribution >= 4 is 10.0 Å². The van der Waals surface area contributed by atoms with E-state index in [0.717, 1.165) is 44.5 Å². The van der Waals surface area contributed by atoms with Crippen LogP contribution in [0.15, 0.2) is 29.2 Å². The van der Waals surface area contributed by atoms with Crippen molar-refractivity contribution in [1.82, 2.24) is 9.62 Å². The first kappa shape index (κ1) is 17.8. The minimum atomic E-state index is -3.38. The smallest absolute Gasteiger partial charge is 0.240 e. The zero-order valence-electron chi connectivity index (χ0n) is 14.2. The number of hydrogen-bond acceptors (Lipinski definition) is 5. The zero-order valence-corrected chi connectivity index (χ0v) is 15.1. The summed E-state index contributed by atoms with van der Waals surface area (Å²) in [5.41, 5.74) is 1.04. The van der Waals surface area contributed by atoms with Crippen LogP contribution in [-0.2, 0) is 21.3 Å². The number of aliphatic hydroxyl groups is 1. The summed E-state index contributed by atoms with van der Waals surface area (Å²) in [7, 11) is -0.240. The lowest BCUT2D eigenvalue weighted by molar-refractivity contribution is -0.201. The van der Waals surface area contributed by atoms with Crippen molar-refractivity contribution in [3.05, 3.63) is 29.8 Å². The van der Waals surface area contributed by atoms with Crippen molar-refractivity contribution in [2.75, 3.05) is 27.2 Å². The number of sulfonamides is 1. The molecular formula is C17H26N2O4S. The highest BCUT2D eigenvalue weighted by atomic mass is 32.2. The summed E-state index contributed by atoms with van der Waals surface area (Å²) in [4.78, 5) is 2.64. The van der Waals surface area contributed by atoms with Gasteiger partial charge in [0.1, 0.15) is 0 Å². The molecule has 2 N–H and O–H groups in total. The van der Waals surface area contributed by atoms with Gasteiger partial charge in [-0.05, 0) is 50.7 Å². The summed E-state index contributed by atoms with van der Waals surface area (Å²) < 4.78 is 31.3. The molecule has 0 bridgehead atoms. The second-order valence-corrected chi connectivity index (χ2v) is 8.72. The van der Waals surface area contributed by atoms with Crippen LogP contribution in [0, 0.1) is 5.41 Å². The van der Waals surface area contributed by atoms with Crippen LogP contribution in [-0.4, -0.2) is 57.9 Å². The maximum absolute atomic E-state index is 11.7. The van der Waals surface area contributed by atoms with Crippen molar-refractivity contribution in [3.8, 4) is 0 Å². The van der Waals surface area contributed by atoms with E-state index in [2.05, 4.69) is 9.62 Å². The van der Waals surface area contributed by atoms with Crippen LogP contribution in [0.4, 0.5) is 0 Å². The molecule has 1 aromatic rings. The Balaban J connectivity index is 1.59. The molecule has 1 aliphatic carbocycles. The van der Waals surface area contributed by atoms with Crippen LogP contribution in [0.5, 0.6) is 0 Å². The summed E-state index contributed by atoms with van der Waals surface area (Å²) in [6, 6.07) is 7.02. The second kappa shape index (κ2) is 6.72. The molecule has 1 saturated carbocycles. The number of rotatable bonds is 5. The number of nitrogens with one attached hydrogen (secondary N) is 1. The Kier molecular flexibility index (Phi) is 4.99. The summed E-state index contributed by atoms with van der Waals surface area (Å²) in [5, 5.41) is 10.2. The third kappa shape index (κ3) is 3.11. The van der Waals surface area contributed by atoms with Crippen LogP contribution >= 0.6 is 0 Å². The van der Waals surface area contributed by atoms with Crippen molar-refractivity contribution in [1.29, 1.82) is 0 Å². The average Bonchev–Trinajstić information content (AvgIpc) is 2.60. The standard InChI is InChI=1S/C17H26N2O4S/c1-18-24(21,22)14-5-3-13(4-6-14)12-19-9-7-17(8-10-19)15(20)11-16(17)23-2/h3-6,15-16,18,20H,7-12H2,1-2H3/t15-,16+/m0/s1. The van der Waals surface area contributed by atoms with Crippen LogP contribution in [0.1, 0.15) is 24.8 Å². The summed E-state index contributed by atoms with van der Waals surface area (Å²) >= 11 is 0. The number of piperidine rings is 1. The van der Waals surface area contributed by atoms with E-state index in [0.29, 0.717) is 0 Å². The van der Waals surface area contributed by atoms with E-state index in [1.165, 1.54) is 7.05 Å². The van der Waals surface area contributed by atoms with Crippen LogP contribution in [0.25, 0.3) is 0 Å². The van der Waals surface area contributed by atoms with E-state index in [4.69, 9.17) is 4.74 Å². The predicted molar refractivity (Wildman–Crippen MR) is 91.1 cm³/mol. The van der Waals surface area contributed by atoms with E-state index in [9.17, 15) is 13.5 Å². The number of hydrogen-bond donors (Lipinski definition) is 2. The van der Waals surface area contributed by atoms with Gasteiger partial charge in [0.15, 0.2) is 0 Å². The number of benzene rings is 1. The molecule has 1 aromatic carbocycles. The van der Waals surface area contributed by atoms with Gasteiger partial charge in [-0.3, -0.25) is 4.90 Å². The topological polar surface area (TPSA) is 78.9 Å². The molecule has 7 heteroatoms. The fourth-order valence-electron chi connectivity index (χ4n) is 3.99. The van der Waals surface area contributed by atoms with E-state index in [1.807, 2.05) is 12.1 Å². The van der Waals surface area contributed by atoms with E-state index in [-0.39, 0.29) is 22.5 Å². The molecule has 1 saturated heterocycles. The van der Waals surface area contributed by atoms with Crippen LogP contribution < -0.4 is 4.72 Å². The molecule has 134 valence electrons. The quantitative estimate of drug-likeness (QED) is 0.823. The highest BCUT2D eigenvalue weighted by Crippen LogP contribution is 2.50. The van der Waals surface area contributed by atoms with Gasteiger partial charge in [0, 0.05) is 25.5 Å². The predicted octanol–water partition coefficient (Wildman–Crippen LogP) is 0.956. The largest absolute Gasteiger partial charge is 0.392 e. The third-order valence-electron chi connectivity index (χ3n) is 5.72. The molecule has 1 spiro atoms. The lowest BCUT2D eigenvalue weighted by Gasteiger charge is -2.56. The van der Waals surface area contributed by atoms with Gasteiger partial charge < -0.3 is 9.84 Å². The molecule has 0 aromatic heterocycles. The van der Waals surface area contributed by atoms with Gasteiger partial charge in [0.05, 0.1) is 17.1 Å². The van der Waals surface area contributed by atoms with Crippen molar-refractivity contribution < 1.29 is 18.3 Å². The monoisotopic (exact) mass is 354 g/mol. The van der Waals surface area contributed by atoms with Gasteiger partial charge in [-0.2, -0.15) is 0 Å².